The summed E-state index contributed by atoms with van der Waals surface area (Å²) in [5, 5.41) is 0.546. The molecule has 0 saturated carbocycles. The zero-order chi connectivity index (χ0) is 14.3. The highest BCUT2D eigenvalue weighted by molar-refractivity contribution is 7.89. The van der Waals surface area contributed by atoms with Crippen molar-refractivity contribution in [1.82, 2.24) is 4.31 Å². The van der Waals surface area contributed by atoms with E-state index in [9.17, 15) is 8.42 Å². The fourth-order valence-corrected chi connectivity index (χ4v) is 5.52. The van der Waals surface area contributed by atoms with E-state index >= 15 is 0 Å². The topological polar surface area (TPSA) is 63.4 Å². The van der Waals surface area contributed by atoms with E-state index in [1.165, 1.54) is 0 Å². The SMILES string of the molecule is NC1C[C@H]2CCC[C@@H](C1)N2S(=O)(=O)c1ccc(Cl)cc1. The van der Waals surface area contributed by atoms with Crippen LogP contribution in [-0.4, -0.2) is 30.8 Å². The summed E-state index contributed by atoms with van der Waals surface area (Å²) in [5.74, 6) is 0. The first kappa shape index (κ1) is 14.3. The van der Waals surface area contributed by atoms with Crippen molar-refractivity contribution in [2.24, 2.45) is 5.73 Å². The van der Waals surface area contributed by atoms with Gasteiger partial charge in [-0.1, -0.05) is 18.0 Å². The van der Waals surface area contributed by atoms with Crippen LogP contribution in [-0.2, 0) is 10.0 Å². The van der Waals surface area contributed by atoms with Crippen LogP contribution in [0.3, 0.4) is 0 Å². The minimum Gasteiger partial charge on any atom is -0.328 e. The van der Waals surface area contributed by atoms with Gasteiger partial charge in [0, 0.05) is 23.1 Å². The summed E-state index contributed by atoms with van der Waals surface area (Å²) in [7, 11) is -3.44. The average molecular weight is 315 g/mol. The number of hydrogen-bond acceptors (Lipinski definition) is 3. The number of sulfonamides is 1. The molecule has 0 spiro atoms. The van der Waals surface area contributed by atoms with E-state index in [2.05, 4.69) is 0 Å². The van der Waals surface area contributed by atoms with Gasteiger partial charge >= 0.3 is 0 Å². The molecule has 2 fully saturated rings. The van der Waals surface area contributed by atoms with Gasteiger partial charge in [-0.25, -0.2) is 8.42 Å². The minimum absolute atomic E-state index is 0.0539. The predicted octanol–water partition coefficient (Wildman–Crippen LogP) is 2.37. The van der Waals surface area contributed by atoms with Gasteiger partial charge in [0.05, 0.1) is 4.90 Å². The van der Waals surface area contributed by atoms with E-state index in [0.717, 1.165) is 32.1 Å². The number of hydrogen-bond donors (Lipinski definition) is 1. The number of halogens is 1. The van der Waals surface area contributed by atoms with E-state index in [4.69, 9.17) is 17.3 Å². The van der Waals surface area contributed by atoms with Crippen LogP contribution >= 0.6 is 11.6 Å². The standard InChI is InChI=1S/C14H19ClN2O2S/c15-10-4-6-14(7-5-10)20(18,19)17-12-2-1-3-13(17)9-11(16)8-12/h4-7,11-13H,1-3,8-9,16H2/t11?,12-,13+. The van der Waals surface area contributed by atoms with Crippen molar-refractivity contribution < 1.29 is 8.42 Å². The minimum atomic E-state index is -3.44. The van der Waals surface area contributed by atoms with Crippen LogP contribution in [0.5, 0.6) is 0 Å². The maximum atomic E-state index is 12.9. The van der Waals surface area contributed by atoms with Crippen molar-refractivity contribution in [3.63, 3.8) is 0 Å². The first-order valence-electron chi connectivity index (χ1n) is 7.03. The third-order valence-electron chi connectivity index (χ3n) is 4.33. The molecule has 4 nitrogen and oxygen atoms in total. The lowest BCUT2D eigenvalue weighted by Gasteiger charge is -2.46. The first-order chi connectivity index (χ1) is 9.48. The molecule has 2 heterocycles. The molecule has 0 amide bonds. The highest BCUT2D eigenvalue weighted by atomic mass is 35.5. The summed E-state index contributed by atoms with van der Waals surface area (Å²) in [5.41, 5.74) is 6.05. The second-order valence-corrected chi connectivity index (χ2v) is 8.04. The molecule has 1 aromatic rings. The molecule has 0 aromatic heterocycles. The van der Waals surface area contributed by atoms with Crippen LogP contribution in [0.25, 0.3) is 0 Å². The maximum absolute atomic E-state index is 12.9. The molecule has 2 saturated heterocycles. The molecule has 20 heavy (non-hydrogen) atoms. The van der Waals surface area contributed by atoms with Gasteiger partial charge in [0.25, 0.3) is 0 Å². The largest absolute Gasteiger partial charge is 0.328 e. The molecule has 3 atom stereocenters. The number of fused-ring (bicyclic) bond motifs is 2. The maximum Gasteiger partial charge on any atom is 0.243 e. The molecular formula is C14H19ClN2O2S. The lowest BCUT2D eigenvalue weighted by atomic mass is 9.84. The van der Waals surface area contributed by atoms with Crippen molar-refractivity contribution in [2.45, 2.75) is 55.1 Å². The van der Waals surface area contributed by atoms with Crippen molar-refractivity contribution in [3.8, 4) is 0 Å². The van der Waals surface area contributed by atoms with Crippen molar-refractivity contribution in [1.29, 1.82) is 0 Å². The Bertz CT molecular complexity index is 574. The Labute approximate surface area is 125 Å². The quantitative estimate of drug-likeness (QED) is 0.911. The summed E-state index contributed by atoms with van der Waals surface area (Å²) in [4.78, 5) is 0.328. The van der Waals surface area contributed by atoms with Crippen LogP contribution in [0.1, 0.15) is 32.1 Å². The van der Waals surface area contributed by atoms with Gasteiger partial charge in [-0.15, -0.1) is 0 Å². The van der Waals surface area contributed by atoms with E-state index in [0.29, 0.717) is 9.92 Å². The van der Waals surface area contributed by atoms with Gasteiger partial charge in [0.2, 0.25) is 10.0 Å². The van der Waals surface area contributed by atoms with Gasteiger partial charge in [0.15, 0.2) is 0 Å². The van der Waals surface area contributed by atoms with Crippen molar-refractivity contribution in [2.75, 3.05) is 0 Å². The molecule has 2 bridgehead atoms. The Morgan fingerprint density at radius 1 is 1.10 bits per heavy atom. The average Bonchev–Trinajstić information content (AvgIpc) is 2.37. The van der Waals surface area contributed by atoms with Crippen LogP contribution in [0, 0.1) is 0 Å². The third kappa shape index (κ3) is 2.48. The van der Waals surface area contributed by atoms with E-state index < -0.39 is 10.0 Å². The molecule has 0 radical (unpaired) electrons. The number of nitrogens with zero attached hydrogens (tertiary/aromatic N) is 1. The highest BCUT2D eigenvalue weighted by Gasteiger charge is 2.44. The first-order valence-corrected chi connectivity index (χ1v) is 8.85. The Kier molecular flexibility index (Phi) is 3.79. The van der Waals surface area contributed by atoms with Gasteiger partial charge in [0.1, 0.15) is 0 Å². The Morgan fingerprint density at radius 3 is 2.20 bits per heavy atom. The summed E-state index contributed by atoms with van der Waals surface area (Å²) >= 11 is 5.84. The molecule has 1 aromatic carbocycles. The Morgan fingerprint density at radius 2 is 1.65 bits per heavy atom. The van der Waals surface area contributed by atoms with Gasteiger partial charge in [-0.05, 0) is 49.9 Å². The molecular weight excluding hydrogens is 296 g/mol. The zero-order valence-corrected chi connectivity index (χ0v) is 12.8. The number of benzene rings is 1. The fourth-order valence-electron chi connectivity index (χ4n) is 3.50. The molecule has 0 aliphatic carbocycles. The van der Waals surface area contributed by atoms with Crippen molar-refractivity contribution in [3.05, 3.63) is 29.3 Å². The third-order valence-corrected chi connectivity index (χ3v) is 6.60. The van der Waals surface area contributed by atoms with Crippen LogP contribution in [0.2, 0.25) is 5.02 Å². The summed E-state index contributed by atoms with van der Waals surface area (Å²) in [6.45, 7) is 0. The van der Waals surface area contributed by atoms with Gasteiger partial charge in [-0.2, -0.15) is 4.31 Å². The molecule has 6 heteroatoms. The van der Waals surface area contributed by atoms with Crippen LogP contribution in [0.4, 0.5) is 0 Å². The highest BCUT2D eigenvalue weighted by Crippen LogP contribution is 2.37. The summed E-state index contributed by atoms with van der Waals surface area (Å²) < 4.78 is 27.4. The smallest absolute Gasteiger partial charge is 0.243 e. The lowest BCUT2D eigenvalue weighted by Crippen LogP contribution is -2.57. The van der Waals surface area contributed by atoms with E-state index in [1.807, 2.05) is 0 Å². The molecule has 1 unspecified atom stereocenters. The van der Waals surface area contributed by atoms with Gasteiger partial charge in [-0.3, -0.25) is 0 Å². The summed E-state index contributed by atoms with van der Waals surface area (Å²) in [6.07, 6.45) is 4.45. The lowest BCUT2D eigenvalue weighted by molar-refractivity contribution is 0.111. The molecule has 110 valence electrons. The Hall–Kier alpha value is -0.620. The molecule has 2 aliphatic heterocycles. The van der Waals surface area contributed by atoms with Crippen LogP contribution < -0.4 is 5.73 Å². The second kappa shape index (κ2) is 5.30. The second-order valence-electron chi connectivity index (χ2n) is 5.76. The summed E-state index contributed by atoms with van der Waals surface area (Å²) in [6, 6.07) is 6.65. The number of rotatable bonds is 2. The molecule has 2 aliphatic rings. The van der Waals surface area contributed by atoms with Crippen molar-refractivity contribution >= 4 is 21.6 Å². The molecule has 3 rings (SSSR count). The monoisotopic (exact) mass is 314 g/mol. The van der Waals surface area contributed by atoms with Gasteiger partial charge < -0.3 is 5.73 Å². The zero-order valence-electron chi connectivity index (χ0n) is 11.2. The Balaban J connectivity index is 1.96. The number of piperidine rings is 2. The molecule has 2 N–H and O–H groups in total. The normalized spacial score (nSPS) is 31.2. The van der Waals surface area contributed by atoms with E-state index in [1.54, 1.807) is 28.6 Å². The van der Waals surface area contributed by atoms with E-state index in [-0.39, 0.29) is 18.1 Å². The fraction of sp³-hybridized carbons (Fsp3) is 0.571. The van der Waals surface area contributed by atoms with Crippen LogP contribution in [0.15, 0.2) is 29.2 Å². The number of nitrogens with two attached hydrogens (primary N) is 1. The predicted molar refractivity (Wildman–Crippen MR) is 79.1 cm³/mol.